The van der Waals surface area contributed by atoms with E-state index in [1.54, 1.807) is 11.1 Å². The van der Waals surface area contributed by atoms with E-state index in [0.29, 0.717) is 18.8 Å². The average Bonchev–Trinajstić information content (AvgIpc) is 3.10. The molecule has 0 saturated carbocycles. The fraction of sp³-hybridized carbons (Fsp3) is 0.750. The molecule has 1 aliphatic rings. The van der Waals surface area contributed by atoms with Gasteiger partial charge in [0, 0.05) is 32.6 Å². The molecule has 0 radical (unpaired) electrons. The molecule has 1 aromatic rings. The van der Waals surface area contributed by atoms with Crippen molar-refractivity contribution in [2.75, 3.05) is 26.2 Å². The average molecular weight is 389 g/mol. The fourth-order valence-electron chi connectivity index (χ4n) is 2.87. The van der Waals surface area contributed by atoms with Gasteiger partial charge in [-0.05, 0) is 12.3 Å². The highest BCUT2D eigenvalue weighted by Gasteiger charge is 2.29. The number of halogens is 1. The minimum atomic E-state index is -0.935. The molecule has 0 spiro atoms. The maximum Gasteiger partial charge on any atom is 0.303 e. The number of carbonyl (C=O) groups is 2. The second-order valence-electron chi connectivity index (χ2n) is 6.56. The second-order valence-corrected chi connectivity index (χ2v) is 6.56. The number of nitrogens with two attached hydrogens (primary N) is 1. The third-order valence-corrected chi connectivity index (χ3v) is 4.79. The standard InChI is InChI=1S/C16H28N6O3.ClH/c1-3-11(2)15(17)12-10-22(20-19-12)13(4-5-14(23)24)16(25)21-8-6-18-7-9-21;/h10-11,13,15,18H,3-9,17H2,1-2H3,(H,23,24);1H/t11-,13+,15?;/m1./s1. The molecule has 1 unspecified atom stereocenters. The number of aromatic nitrogens is 3. The molecular formula is C16H29ClN6O3. The highest BCUT2D eigenvalue weighted by atomic mass is 35.5. The van der Waals surface area contributed by atoms with Gasteiger partial charge in [-0.3, -0.25) is 9.59 Å². The molecule has 26 heavy (non-hydrogen) atoms. The van der Waals surface area contributed by atoms with Gasteiger partial charge in [0.2, 0.25) is 5.91 Å². The van der Waals surface area contributed by atoms with Crippen LogP contribution in [0, 0.1) is 5.92 Å². The van der Waals surface area contributed by atoms with Crippen LogP contribution in [0.3, 0.4) is 0 Å². The number of aliphatic carboxylic acids is 1. The van der Waals surface area contributed by atoms with Crippen molar-refractivity contribution in [1.29, 1.82) is 0 Å². The summed E-state index contributed by atoms with van der Waals surface area (Å²) in [4.78, 5) is 25.6. The zero-order valence-corrected chi connectivity index (χ0v) is 16.1. The van der Waals surface area contributed by atoms with E-state index in [9.17, 15) is 9.59 Å². The van der Waals surface area contributed by atoms with Crippen LogP contribution >= 0.6 is 12.4 Å². The van der Waals surface area contributed by atoms with E-state index in [2.05, 4.69) is 22.6 Å². The lowest BCUT2D eigenvalue weighted by molar-refractivity contribution is -0.139. The number of carbonyl (C=O) groups excluding carboxylic acids is 1. The molecule has 1 aliphatic heterocycles. The molecule has 0 aromatic carbocycles. The van der Waals surface area contributed by atoms with E-state index in [4.69, 9.17) is 10.8 Å². The summed E-state index contributed by atoms with van der Waals surface area (Å²) >= 11 is 0. The molecule has 9 nitrogen and oxygen atoms in total. The SMILES string of the molecule is CC[C@@H](C)C(N)c1cn([C@@H](CCC(=O)O)C(=O)N2CCNCC2)nn1.Cl. The van der Waals surface area contributed by atoms with Crippen molar-refractivity contribution in [3.63, 3.8) is 0 Å². The smallest absolute Gasteiger partial charge is 0.303 e. The van der Waals surface area contributed by atoms with Crippen molar-refractivity contribution in [3.8, 4) is 0 Å². The lowest BCUT2D eigenvalue weighted by Gasteiger charge is -2.30. The Labute approximate surface area is 159 Å². The maximum absolute atomic E-state index is 12.9. The van der Waals surface area contributed by atoms with Crippen LogP contribution in [0.4, 0.5) is 0 Å². The third kappa shape index (κ3) is 5.65. The Hall–Kier alpha value is -1.71. The first-order valence-electron chi connectivity index (χ1n) is 8.82. The Morgan fingerprint density at radius 2 is 2.04 bits per heavy atom. The van der Waals surface area contributed by atoms with E-state index in [0.717, 1.165) is 19.5 Å². The molecule has 148 valence electrons. The molecule has 1 fully saturated rings. The predicted octanol–water partition coefficient (Wildman–Crippen LogP) is 0.584. The minimum Gasteiger partial charge on any atom is -0.481 e. The van der Waals surface area contributed by atoms with E-state index in [1.807, 2.05) is 6.92 Å². The minimum absolute atomic E-state index is 0. The quantitative estimate of drug-likeness (QED) is 0.594. The number of piperazine rings is 1. The molecule has 10 heteroatoms. The van der Waals surface area contributed by atoms with Gasteiger partial charge in [-0.1, -0.05) is 25.5 Å². The van der Waals surface area contributed by atoms with Crippen LogP contribution in [0.5, 0.6) is 0 Å². The Balaban J connectivity index is 0.00000338. The predicted molar refractivity (Wildman–Crippen MR) is 99.0 cm³/mol. The summed E-state index contributed by atoms with van der Waals surface area (Å²) in [6, 6.07) is -0.923. The number of nitrogens with zero attached hydrogens (tertiary/aromatic N) is 4. The van der Waals surface area contributed by atoms with Gasteiger partial charge in [0.25, 0.3) is 0 Å². The third-order valence-electron chi connectivity index (χ3n) is 4.79. The molecule has 1 saturated heterocycles. The summed E-state index contributed by atoms with van der Waals surface area (Å²) in [6.07, 6.45) is 2.67. The number of carboxylic acid groups (broad SMARTS) is 1. The van der Waals surface area contributed by atoms with E-state index < -0.39 is 12.0 Å². The monoisotopic (exact) mass is 388 g/mol. The molecular weight excluding hydrogens is 360 g/mol. The van der Waals surface area contributed by atoms with Gasteiger partial charge in [-0.25, -0.2) is 4.68 Å². The second kappa shape index (κ2) is 10.4. The number of carboxylic acids is 1. The Morgan fingerprint density at radius 3 is 2.62 bits per heavy atom. The summed E-state index contributed by atoms with van der Waals surface area (Å²) in [7, 11) is 0. The summed E-state index contributed by atoms with van der Waals surface area (Å²) in [5.74, 6) is -0.808. The number of nitrogens with one attached hydrogen (secondary N) is 1. The van der Waals surface area contributed by atoms with Gasteiger partial charge in [-0.2, -0.15) is 0 Å². The van der Waals surface area contributed by atoms with Gasteiger partial charge in [0.1, 0.15) is 6.04 Å². The Kier molecular flexibility index (Phi) is 8.97. The van der Waals surface area contributed by atoms with Crippen molar-refractivity contribution < 1.29 is 14.7 Å². The van der Waals surface area contributed by atoms with Crippen LogP contribution in [0.15, 0.2) is 6.20 Å². The molecule has 0 aliphatic carbocycles. The number of amides is 1. The molecule has 2 rings (SSSR count). The molecule has 1 aromatic heterocycles. The van der Waals surface area contributed by atoms with Crippen molar-refractivity contribution in [2.24, 2.45) is 11.7 Å². The van der Waals surface area contributed by atoms with Crippen LogP contribution in [0.25, 0.3) is 0 Å². The first-order chi connectivity index (χ1) is 11.9. The highest BCUT2D eigenvalue weighted by Crippen LogP contribution is 2.22. The number of hydrogen-bond acceptors (Lipinski definition) is 6. The topological polar surface area (TPSA) is 126 Å². The van der Waals surface area contributed by atoms with Crippen LogP contribution in [0.1, 0.15) is 50.9 Å². The zero-order chi connectivity index (χ0) is 18.4. The lowest BCUT2D eigenvalue weighted by atomic mass is 9.98. The molecule has 4 N–H and O–H groups in total. The lowest BCUT2D eigenvalue weighted by Crippen LogP contribution is -2.48. The van der Waals surface area contributed by atoms with Crippen LogP contribution in [0.2, 0.25) is 0 Å². The molecule has 2 heterocycles. The molecule has 3 atom stereocenters. The van der Waals surface area contributed by atoms with Gasteiger partial charge in [0.15, 0.2) is 0 Å². The zero-order valence-electron chi connectivity index (χ0n) is 15.3. The summed E-state index contributed by atoms with van der Waals surface area (Å²) in [6.45, 7) is 6.78. The normalized spacial score (nSPS) is 17.9. The first-order valence-corrected chi connectivity index (χ1v) is 8.82. The first kappa shape index (κ1) is 22.3. The van der Waals surface area contributed by atoms with Crippen LogP contribution in [-0.2, 0) is 9.59 Å². The Morgan fingerprint density at radius 1 is 1.38 bits per heavy atom. The van der Waals surface area contributed by atoms with E-state index in [-0.39, 0.29) is 43.1 Å². The van der Waals surface area contributed by atoms with Gasteiger partial charge >= 0.3 is 5.97 Å². The largest absolute Gasteiger partial charge is 0.481 e. The summed E-state index contributed by atoms with van der Waals surface area (Å²) in [5, 5.41) is 20.4. The van der Waals surface area contributed by atoms with Crippen molar-refractivity contribution >= 4 is 24.3 Å². The van der Waals surface area contributed by atoms with Gasteiger partial charge in [0.05, 0.1) is 17.9 Å². The highest BCUT2D eigenvalue weighted by molar-refractivity contribution is 5.85. The number of hydrogen-bond donors (Lipinski definition) is 3. The van der Waals surface area contributed by atoms with Gasteiger partial charge in [-0.15, -0.1) is 17.5 Å². The maximum atomic E-state index is 12.9. The van der Waals surface area contributed by atoms with E-state index >= 15 is 0 Å². The van der Waals surface area contributed by atoms with Gasteiger partial charge < -0.3 is 21.1 Å². The van der Waals surface area contributed by atoms with E-state index in [1.165, 1.54) is 4.68 Å². The summed E-state index contributed by atoms with van der Waals surface area (Å²) < 4.78 is 1.48. The molecule has 1 amide bonds. The van der Waals surface area contributed by atoms with Crippen LogP contribution in [-0.4, -0.2) is 63.1 Å². The van der Waals surface area contributed by atoms with Crippen LogP contribution < -0.4 is 11.1 Å². The van der Waals surface area contributed by atoms with Crippen molar-refractivity contribution in [1.82, 2.24) is 25.2 Å². The number of rotatable bonds is 8. The van der Waals surface area contributed by atoms with Crippen molar-refractivity contribution in [2.45, 2.75) is 45.2 Å². The molecule has 0 bridgehead atoms. The fourth-order valence-corrected chi connectivity index (χ4v) is 2.87. The van der Waals surface area contributed by atoms with Crippen molar-refractivity contribution in [3.05, 3.63) is 11.9 Å². The summed E-state index contributed by atoms with van der Waals surface area (Å²) in [5.41, 5.74) is 6.82. The Bertz CT molecular complexity index is 590.